The molecule has 1 aliphatic heterocycles. The van der Waals surface area contributed by atoms with Gasteiger partial charge in [0.25, 0.3) is 0 Å². The number of carbonyl (C=O) groups is 3. The minimum atomic E-state index is -1.16. The second-order valence-electron chi connectivity index (χ2n) is 8.64. The number of carboxylic acid groups (broad SMARTS) is 1. The number of likely N-dealkylation sites (tertiary alicyclic amines) is 1. The van der Waals surface area contributed by atoms with Crippen LogP contribution in [-0.2, 0) is 14.3 Å². The maximum Gasteiger partial charge on any atom is 0.407 e. The molecule has 2 aromatic carbocycles. The largest absolute Gasteiger partial charge is 0.481 e. The molecule has 7 heteroatoms. The lowest BCUT2D eigenvalue weighted by molar-refractivity contribution is -0.143. The predicted octanol–water partition coefficient (Wildman–Crippen LogP) is 3.77. The van der Waals surface area contributed by atoms with Crippen LogP contribution in [0.5, 0.6) is 0 Å². The highest BCUT2D eigenvalue weighted by Crippen LogP contribution is 2.44. The van der Waals surface area contributed by atoms with E-state index < -0.39 is 24.5 Å². The first-order valence-electron chi connectivity index (χ1n) is 11.0. The Labute approximate surface area is 187 Å². The minimum absolute atomic E-state index is 0.0121. The van der Waals surface area contributed by atoms with Gasteiger partial charge in [-0.3, -0.25) is 9.59 Å². The van der Waals surface area contributed by atoms with Crippen molar-refractivity contribution >= 4 is 18.0 Å². The van der Waals surface area contributed by atoms with Gasteiger partial charge in [0, 0.05) is 18.0 Å². The van der Waals surface area contributed by atoms with Gasteiger partial charge in [-0.05, 0) is 48.9 Å². The van der Waals surface area contributed by atoms with Crippen molar-refractivity contribution in [3.8, 4) is 11.1 Å². The molecule has 7 nitrogen and oxygen atoms in total. The molecule has 2 amide bonds. The average Bonchev–Trinajstić information content (AvgIpc) is 3.27. The fourth-order valence-electron chi connectivity index (χ4n) is 4.97. The third kappa shape index (κ3) is 4.20. The van der Waals surface area contributed by atoms with Crippen LogP contribution in [0.4, 0.5) is 4.79 Å². The van der Waals surface area contributed by atoms with Gasteiger partial charge in [-0.2, -0.15) is 0 Å². The molecule has 4 rings (SSSR count). The lowest BCUT2D eigenvalue weighted by Crippen LogP contribution is -2.52. The van der Waals surface area contributed by atoms with E-state index in [1.807, 2.05) is 62.4 Å². The third-order valence-electron chi connectivity index (χ3n) is 6.52. The van der Waals surface area contributed by atoms with Crippen LogP contribution in [0.2, 0.25) is 0 Å². The molecule has 2 N–H and O–H groups in total. The second kappa shape index (κ2) is 9.02. The number of carbonyl (C=O) groups excluding carboxylic acids is 2. The third-order valence-corrected chi connectivity index (χ3v) is 6.52. The zero-order chi connectivity index (χ0) is 22.8. The van der Waals surface area contributed by atoms with E-state index in [2.05, 4.69) is 5.32 Å². The molecule has 32 heavy (non-hydrogen) atoms. The van der Waals surface area contributed by atoms with E-state index >= 15 is 0 Å². The molecule has 3 unspecified atom stereocenters. The maximum absolute atomic E-state index is 13.0. The summed E-state index contributed by atoms with van der Waals surface area (Å²) in [5.74, 6) is -1.64. The molecule has 1 saturated heterocycles. The first-order chi connectivity index (χ1) is 15.4. The lowest BCUT2D eigenvalue weighted by atomic mass is 9.98. The Balaban J connectivity index is 1.45. The highest BCUT2D eigenvalue weighted by Gasteiger charge is 2.37. The van der Waals surface area contributed by atoms with E-state index in [9.17, 15) is 19.5 Å². The number of ether oxygens (including phenoxy) is 1. The van der Waals surface area contributed by atoms with Crippen LogP contribution in [0.1, 0.15) is 50.2 Å². The van der Waals surface area contributed by atoms with E-state index in [-0.39, 0.29) is 30.5 Å². The molecular weight excluding hydrogens is 408 g/mol. The quantitative estimate of drug-likeness (QED) is 0.719. The Kier molecular flexibility index (Phi) is 6.17. The van der Waals surface area contributed by atoms with Crippen LogP contribution in [0.15, 0.2) is 48.5 Å². The van der Waals surface area contributed by atoms with Crippen LogP contribution in [0.25, 0.3) is 11.1 Å². The Morgan fingerprint density at radius 1 is 1.00 bits per heavy atom. The summed E-state index contributed by atoms with van der Waals surface area (Å²) >= 11 is 0. The molecule has 2 aromatic rings. The normalized spacial score (nSPS) is 20.4. The number of carboxylic acids is 1. The van der Waals surface area contributed by atoms with E-state index in [4.69, 9.17) is 4.74 Å². The Morgan fingerprint density at radius 2 is 1.53 bits per heavy atom. The number of hydrogen-bond acceptors (Lipinski definition) is 4. The van der Waals surface area contributed by atoms with Gasteiger partial charge in [-0.1, -0.05) is 48.5 Å². The van der Waals surface area contributed by atoms with Crippen molar-refractivity contribution in [3.05, 3.63) is 59.7 Å². The Morgan fingerprint density at radius 3 is 2.06 bits per heavy atom. The van der Waals surface area contributed by atoms with Crippen LogP contribution in [0, 0.1) is 0 Å². The maximum atomic E-state index is 13.0. The first-order valence-corrected chi connectivity index (χ1v) is 11.0. The molecule has 168 valence electrons. The summed E-state index contributed by atoms with van der Waals surface area (Å²) in [6.07, 6.45) is 0.444. The van der Waals surface area contributed by atoms with E-state index in [0.29, 0.717) is 0 Å². The summed E-state index contributed by atoms with van der Waals surface area (Å²) in [7, 11) is 0. The standard InChI is InChI=1S/C25H28N2O5/c1-15-11-12-16(2)27(15)24(30)22(13-23(28)29)26-25(31)32-14-21-19-9-5-3-7-17(19)18-8-4-6-10-20(18)21/h3-10,15-16,21-22H,11-14H2,1-2H3,(H,26,31)(H,28,29). The summed E-state index contributed by atoms with van der Waals surface area (Å²) in [5.41, 5.74) is 4.40. The average molecular weight is 437 g/mol. The van der Waals surface area contributed by atoms with Gasteiger partial charge in [-0.15, -0.1) is 0 Å². The van der Waals surface area contributed by atoms with Crippen molar-refractivity contribution in [2.75, 3.05) is 6.61 Å². The first kappa shape index (κ1) is 21.9. The lowest BCUT2D eigenvalue weighted by Gasteiger charge is -2.30. The van der Waals surface area contributed by atoms with Crippen molar-refractivity contribution < 1.29 is 24.2 Å². The van der Waals surface area contributed by atoms with Crippen LogP contribution < -0.4 is 5.32 Å². The molecule has 2 aliphatic rings. The monoisotopic (exact) mass is 436 g/mol. The number of nitrogens with zero attached hydrogens (tertiary/aromatic N) is 1. The van der Waals surface area contributed by atoms with Gasteiger partial charge in [0.2, 0.25) is 5.91 Å². The second-order valence-corrected chi connectivity index (χ2v) is 8.64. The smallest absolute Gasteiger partial charge is 0.407 e. The van der Waals surface area contributed by atoms with Gasteiger partial charge < -0.3 is 20.1 Å². The SMILES string of the molecule is CC1CCC(C)N1C(=O)C(CC(=O)O)NC(=O)OCC1c2ccccc2-c2ccccc21. The number of benzene rings is 2. The Bertz CT molecular complexity index is 981. The number of amides is 2. The van der Waals surface area contributed by atoms with Gasteiger partial charge >= 0.3 is 12.1 Å². The van der Waals surface area contributed by atoms with E-state index in [0.717, 1.165) is 35.1 Å². The summed E-state index contributed by atoms with van der Waals surface area (Å²) in [6.45, 7) is 3.98. The predicted molar refractivity (Wildman–Crippen MR) is 119 cm³/mol. The molecule has 0 bridgehead atoms. The van der Waals surface area contributed by atoms with Crippen molar-refractivity contribution in [2.24, 2.45) is 0 Å². The zero-order valence-electron chi connectivity index (χ0n) is 18.3. The number of aliphatic carboxylic acids is 1. The summed E-state index contributed by atoms with van der Waals surface area (Å²) < 4.78 is 5.50. The van der Waals surface area contributed by atoms with Gasteiger partial charge in [0.05, 0.1) is 6.42 Å². The van der Waals surface area contributed by atoms with Crippen LogP contribution >= 0.6 is 0 Å². The van der Waals surface area contributed by atoms with Crippen LogP contribution in [-0.4, -0.2) is 52.7 Å². The molecule has 1 aliphatic carbocycles. The molecular formula is C25H28N2O5. The summed E-state index contributed by atoms with van der Waals surface area (Å²) in [6, 6.07) is 14.9. The molecule has 3 atom stereocenters. The van der Waals surface area contributed by atoms with Crippen molar-refractivity contribution in [2.45, 2.75) is 57.2 Å². The molecule has 1 fully saturated rings. The van der Waals surface area contributed by atoms with Gasteiger partial charge in [-0.25, -0.2) is 4.79 Å². The van der Waals surface area contributed by atoms with Crippen molar-refractivity contribution in [3.63, 3.8) is 0 Å². The minimum Gasteiger partial charge on any atom is -0.481 e. The van der Waals surface area contributed by atoms with Crippen molar-refractivity contribution in [1.82, 2.24) is 10.2 Å². The van der Waals surface area contributed by atoms with Crippen LogP contribution in [0.3, 0.4) is 0 Å². The van der Waals surface area contributed by atoms with E-state index in [1.165, 1.54) is 0 Å². The number of rotatable bonds is 6. The molecule has 0 aromatic heterocycles. The number of nitrogens with one attached hydrogen (secondary N) is 1. The molecule has 0 spiro atoms. The molecule has 0 radical (unpaired) electrons. The molecule has 1 heterocycles. The highest BCUT2D eigenvalue weighted by atomic mass is 16.5. The van der Waals surface area contributed by atoms with Crippen molar-refractivity contribution in [1.29, 1.82) is 0 Å². The van der Waals surface area contributed by atoms with Gasteiger partial charge in [0.1, 0.15) is 12.6 Å². The number of alkyl carbamates (subject to hydrolysis) is 1. The fraction of sp³-hybridized carbons (Fsp3) is 0.400. The topological polar surface area (TPSA) is 95.9 Å². The number of fused-ring (bicyclic) bond motifs is 3. The highest BCUT2D eigenvalue weighted by molar-refractivity contribution is 5.90. The van der Waals surface area contributed by atoms with Gasteiger partial charge in [0.15, 0.2) is 0 Å². The summed E-state index contributed by atoms with van der Waals surface area (Å²) in [4.78, 5) is 38.6. The zero-order valence-corrected chi connectivity index (χ0v) is 18.3. The van der Waals surface area contributed by atoms with E-state index in [1.54, 1.807) is 4.90 Å². The summed E-state index contributed by atoms with van der Waals surface area (Å²) in [5, 5.41) is 11.8. The molecule has 0 saturated carbocycles. The fourth-order valence-corrected chi connectivity index (χ4v) is 4.97. The number of hydrogen-bond donors (Lipinski definition) is 2. The Hall–Kier alpha value is -3.35.